The van der Waals surface area contributed by atoms with Crippen LogP contribution in [-0.2, 0) is 6.54 Å². The number of hydrogen-bond acceptors (Lipinski definition) is 3. The third-order valence-corrected chi connectivity index (χ3v) is 2.72. The Bertz CT molecular complexity index is 328. The molecular formula is C14H24N2O. The summed E-state index contributed by atoms with van der Waals surface area (Å²) < 4.78 is 5.23. The van der Waals surface area contributed by atoms with Crippen LogP contribution in [0.3, 0.4) is 0 Å². The van der Waals surface area contributed by atoms with Gasteiger partial charge in [0.2, 0.25) is 0 Å². The van der Waals surface area contributed by atoms with Gasteiger partial charge in [-0.15, -0.1) is 0 Å². The Morgan fingerprint density at radius 3 is 2.82 bits per heavy atom. The number of likely N-dealkylation sites (N-methyl/N-ethyl adjacent to an activating group) is 2. The Morgan fingerprint density at radius 2 is 2.18 bits per heavy atom. The molecule has 0 spiro atoms. The number of hydrogen-bond donors (Lipinski definition) is 1. The Balaban J connectivity index is 2.46. The molecule has 17 heavy (non-hydrogen) atoms. The van der Waals surface area contributed by atoms with Gasteiger partial charge in [0.25, 0.3) is 0 Å². The minimum Gasteiger partial charge on any atom is -0.497 e. The Morgan fingerprint density at radius 1 is 1.41 bits per heavy atom. The fourth-order valence-corrected chi connectivity index (χ4v) is 2.03. The normalized spacial score (nSPS) is 12.8. The fraction of sp³-hybridized carbons (Fsp3) is 0.571. The van der Waals surface area contributed by atoms with Crippen LogP contribution in [0.25, 0.3) is 0 Å². The monoisotopic (exact) mass is 236 g/mol. The molecule has 1 rings (SSSR count). The van der Waals surface area contributed by atoms with Gasteiger partial charge in [0.05, 0.1) is 7.11 Å². The number of ether oxygens (including phenoxy) is 1. The highest BCUT2D eigenvalue weighted by Gasteiger charge is 2.06. The smallest absolute Gasteiger partial charge is 0.119 e. The Hall–Kier alpha value is -1.06. The van der Waals surface area contributed by atoms with E-state index in [4.69, 9.17) is 4.74 Å². The van der Waals surface area contributed by atoms with Gasteiger partial charge in [-0.1, -0.05) is 19.1 Å². The third kappa shape index (κ3) is 5.20. The molecule has 0 saturated heterocycles. The van der Waals surface area contributed by atoms with Crippen LogP contribution in [0.4, 0.5) is 0 Å². The Labute approximate surface area is 105 Å². The summed E-state index contributed by atoms with van der Waals surface area (Å²) in [7, 11) is 3.85. The van der Waals surface area contributed by atoms with E-state index in [2.05, 4.69) is 43.2 Å². The van der Waals surface area contributed by atoms with Crippen LogP contribution in [0.1, 0.15) is 19.4 Å². The van der Waals surface area contributed by atoms with E-state index in [0.29, 0.717) is 6.04 Å². The lowest BCUT2D eigenvalue weighted by Crippen LogP contribution is -2.36. The number of rotatable bonds is 7. The molecule has 0 aliphatic carbocycles. The largest absolute Gasteiger partial charge is 0.497 e. The van der Waals surface area contributed by atoms with E-state index >= 15 is 0 Å². The highest BCUT2D eigenvalue weighted by Crippen LogP contribution is 2.13. The van der Waals surface area contributed by atoms with Crippen LogP contribution in [0.15, 0.2) is 24.3 Å². The summed E-state index contributed by atoms with van der Waals surface area (Å²) in [5.74, 6) is 0.927. The molecular weight excluding hydrogens is 212 g/mol. The van der Waals surface area contributed by atoms with Crippen molar-refractivity contribution < 1.29 is 4.74 Å². The molecule has 96 valence electrons. The van der Waals surface area contributed by atoms with E-state index in [0.717, 1.165) is 25.4 Å². The summed E-state index contributed by atoms with van der Waals surface area (Å²) in [4.78, 5) is 2.32. The van der Waals surface area contributed by atoms with Gasteiger partial charge in [0, 0.05) is 19.1 Å². The molecule has 0 saturated carbocycles. The van der Waals surface area contributed by atoms with Crippen molar-refractivity contribution in [2.75, 3.05) is 27.2 Å². The summed E-state index contributed by atoms with van der Waals surface area (Å²) in [5, 5.41) is 3.42. The minimum atomic E-state index is 0.524. The summed E-state index contributed by atoms with van der Waals surface area (Å²) in [6, 6.07) is 8.77. The SMILES string of the molecule is CCNC(C)CN(C)Cc1cccc(OC)c1. The van der Waals surface area contributed by atoms with E-state index in [9.17, 15) is 0 Å². The zero-order chi connectivity index (χ0) is 12.7. The molecule has 3 nitrogen and oxygen atoms in total. The molecule has 0 aromatic heterocycles. The maximum absolute atomic E-state index is 5.23. The average molecular weight is 236 g/mol. The van der Waals surface area contributed by atoms with Gasteiger partial charge < -0.3 is 15.0 Å². The summed E-state index contributed by atoms with van der Waals surface area (Å²) in [6.07, 6.45) is 0. The van der Waals surface area contributed by atoms with Gasteiger partial charge in [-0.25, -0.2) is 0 Å². The standard InChI is InChI=1S/C14H24N2O/c1-5-15-12(2)10-16(3)11-13-7-6-8-14(9-13)17-4/h6-9,12,15H,5,10-11H2,1-4H3. The molecule has 1 unspecified atom stereocenters. The van der Waals surface area contributed by atoms with Crippen LogP contribution < -0.4 is 10.1 Å². The first-order valence-electron chi connectivity index (χ1n) is 6.20. The molecule has 3 heteroatoms. The summed E-state index contributed by atoms with van der Waals surface area (Å²) in [6.45, 7) is 7.37. The first-order chi connectivity index (χ1) is 8.15. The topological polar surface area (TPSA) is 24.5 Å². The van der Waals surface area contributed by atoms with Crippen LogP contribution in [0, 0.1) is 0 Å². The lowest BCUT2D eigenvalue weighted by molar-refractivity contribution is 0.291. The highest BCUT2D eigenvalue weighted by molar-refractivity contribution is 5.28. The van der Waals surface area contributed by atoms with E-state index < -0.39 is 0 Å². The second-order valence-corrected chi connectivity index (χ2v) is 4.51. The fourth-order valence-electron chi connectivity index (χ4n) is 2.03. The van der Waals surface area contributed by atoms with E-state index in [1.54, 1.807) is 7.11 Å². The second-order valence-electron chi connectivity index (χ2n) is 4.51. The first kappa shape index (κ1) is 14.0. The van der Waals surface area contributed by atoms with Crippen LogP contribution >= 0.6 is 0 Å². The molecule has 0 radical (unpaired) electrons. The third-order valence-electron chi connectivity index (χ3n) is 2.72. The van der Waals surface area contributed by atoms with Gasteiger partial charge in [0.15, 0.2) is 0 Å². The maximum atomic E-state index is 5.23. The van der Waals surface area contributed by atoms with Gasteiger partial charge in [0.1, 0.15) is 5.75 Å². The van der Waals surface area contributed by atoms with Crippen molar-refractivity contribution in [2.24, 2.45) is 0 Å². The van der Waals surface area contributed by atoms with Crippen LogP contribution in [-0.4, -0.2) is 38.2 Å². The Kier molecular flexibility index (Phi) is 6.01. The zero-order valence-corrected chi connectivity index (χ0v) is 11.4. The second kappa shape index (κ2) is 7.30. The van der Waals surface area contributed by atoms with Crippen molar-refractivity contribution in [3.05, 3.63) is 29.8 Å². The summed E-state index contributed by atoms with van der Waals surface area (Å²) >= 11 is 0. The van der Waals surface area contributed by atoms with Gasteiger partial charge in [-0.3, -0.25) is 0 Å². The van der Waals surface area contributed by atoms with E-state index in [1.807, 2.05) is 12.1 Å². The molecule has 1 N–H and O–H groups in total. The molecule has 1 aromatic rings. The van der Waals surface area contributed by atoms with Crippen LogP contribution in [0.2, 0.25) is 0 Å². The van der Waals surface area contributed by atoms with Crippen molar-refractivity contribution in [1.29, 1.82) is 0 Å². The number of nitrogens with zero attached hydrogens (tertiary/aromatic N) is 1. The zero-order valence-electron chi connectivity index (χ0n) is 11.4. The molecule has 0 heterocycles. The highest BCUT2D eigenvalue weighted by atomic mass is 16.5. The van der Waals surface area contributed by atoms with Crippen molar-refractivity contribution in [2.45, 2.75) is 26.4 Å². The lowest BCUT2D eigenvalue weighted by Gasteiger charge is -2.22. The molecule has 0 aliphatic heterocycles. The quantitative estimate of drug-likeness (QED) is 0.785. The molecule has 1 aromatic carbocycles. The molecule has 0 aliphatic rings. The van der Waals surface area contributed by atoms with Crippen LogP contribution in [0.5, 0.6) is 5.75 Å². The number of benzene rings is 1. The number of nitrogens with one attached hydrogen (secondary N) is 1. The maximum Gasteiger partial charge on any atom is 0.119 e. The van der Waals surface area contributed by atoms with E-state index in [1.165, 1.54) is 5.56 Å². The van der Waals surface area contributed by atoms with Crippen molar-refractivity contribution in [3.63, 3.8) is 0 Å². The molecule has 0 amide bonds. The van der Waals surface area contributed by atoms with Gasteiger partial charge in [-0.2, -0.15) is 0 Å². The average Bonchev–Trinajstić information content (AvgIpc) is 2.29. The lowest BCUT2D eigenvalue weighted by atomic mass is 10.2. The summed E-state index contributed by atoms with van der Waals surface area (Å²) in [5.41, 5.74) is 1.29. The van der Waals surface area contributed by atoms with Crippen molar-refractivity contribution in [1.82, 2.24) is 10.2 Å². The predicted octanol–water partition coefficient (Wildman–Crippen LogP) is 2.12. The molecule has 0 bridgehead atoms. The molecule has 1 atom stereocenters. The molecule has 0 fully saturated rings. The van der Waals surface area contributed by atoms with E-state index in [-0.39, 0.29) is 0 Å². The first-order valence-corrected chi connectivity index (χ1v) is 6.20. The van der Waals surface area contributed by atoms with Crippen molar-refractivity contribution in [3.8, 4) is 5.75 Å². The van der Waals surface area contributed by atoms with Gasteiger partial charge in [-0.05, 0) is 38.2 Å². The van der Waals surface area contributed by atoms with Crippen molar-refractivity contribution >= 4 is 0 Å². The predicted molar refractivity (Wildman–Crippen MR) is 72.5 cm³/mol. The number of methoxy groups -OCH3 is 1. The van der Waals surface area contributed by atoms with Gasteiger partial charge >= 0.3 is 0 Å². The minimum absolute atomic E-state index is 0.524.